The summed E-state index contributed by atoms with van der Waals surface area (Å²) in [7, 11) is 0. The molecular weight excluding hydrogens is 226 g/mol. The highest BCUT2D eigenvalue weighted by atomic mass is 16.1. The van der Waals surface area contributed by atoms with E-state index in [1.165, 1.54) is 0 Å². The van der Waals surface area contributed by atoms with E-state index in [1.54, 1.807) is 0 Å². The molecule has 1 aliphatic rings. The second-order valence-electron chi connectivity index (χ2n) is 5.72. The van der Waals surface area contributed by atoms with Gasteiger partial charge in [-0.2, -0.15) is 0 Å². The van der Waals surface area contributed by atoms with Gasteiger partial charge in [0.05, 0.1) is 0 Å². The lowest BCUT2D eigenvalue weighted by Gasteiger charge is -2.35. The number of nitrogens with two attached hydrogens (primary N) is 1. The van der Waals surface area contributed by atoms with Gasteiger partial charge in [-0.15, -0.1) is 0 Å². The smallest absolute Gasteiger partial charge is 0.221 e. The normalized spacial score (nSPS) is 20.1. The van der Waals surface area contributed by atoms with Crippen molar-refractivity contribution >= 4 is 5.91 Å². The summed E-state index contributed by atoms with van der Waals surface area (Å²) in [5, 5.41) is 3.12. The zero-order valence-corrected chi connectivity index (χ0v) is 12.1. The predicted octanol–water partition coefficient (Wildman–Crippen LogP) is 1.49. The van der Waals surface area contributed by atoms with Crippen LogP contribution in [-0.2, 0) is 4.79 Å². The molecular formula is C14H29N3O. The van der Waals surface area contributed by atoms with Gasteiger partial charge in [0.25, 0.3) is 0 Å². The zero-order valence-electron chi connectivity index (χ0n) is 12.1. The predicted molar refractivity (Wildman–Crippen MR) is 75.4 cm³/mol. The first-order valence-corrected chi connectivity index (χ1v) is 7.32. The van der Waals surface area contributed by atoms with Crippen molar-refractivity contribution in [1.82, 2.24) is 10.2 Å². The number of hydrogen-bond donors (Lipinski definition) is 2. The molecule has 0 aromatic carbocycles. The summed E-state index contributed by atoms with van der Waals surface area (Å²) in [6.07, 6.45) is 4.57. The van der Waals surface area contributed by atoms with Crippen molar-refractivity contribution in [2.45, 2.75) is 71.0 Å². The van der Waals surface area contributed by atoms with Crippen molar-refractivity contribution in [2.75, 3.05) is 13.1 Å². The van der Waals surface area contributed by atoms with Crippen molar-refractivity contribution in [3.05, 3.63) is 0 Å². The van der Waals surface area contributed by atoms with Crippen LogP contribution in [0.25, 0.3) is 0 Å². The lowest BCUT2D eigenvalue weighted by molar-refractivity contribution is -0.122. The van der Waals surface area contributed by atoms with Crippen molar-refractivity contribution in [2.24, 2.45) is 5.73 Å². The summed E-state index contributed by atoms with van der Waals surface area (Å²) < 4.78 is 0. The Hall–Kier alpha value is -0.610. The highest BCUT2D eigenvalue weighted by molar-refractivity contribution is 5.76. The van der Waals surface area contributed by atoms with Crippen LogP contribution in [-0.4, -0.2) is 42.0 Å². The van der Waals surface area contributed by atoms with Gasteiger partial charge in [-0.3, -0.25) is 4.79 Å². The fourth-order valence-corrected chi connectivity index (χ4v) is 2.56. The number of hydrogen-bond acceptors (Lipinski definition) is 3. The number of nitrogens with zero attached hydrogens (tertiary/aromatic N) is 1. The average molecular weight is 255 g/mol. The number of rotatable bonds is 6. The van der Waals surface area contributed by atoms with Gasteiger partial charge in [0.15, 0.2) is 0 Å². The minimum Gasteiger partial charge on any atom is -0.353 e. The molecule has 0 spiro atoms. The number of nitrogens with one attached hydrogen (secondary N) is 1. The molecule has 18 heavy (non-hydrogen) atoms. The van der Waals surface area contributed by atoms with E-state index in [0.29, 0.717) is 18.5 Å². The van der Waals surface area contributed by atoms with Crippen LogP contribution >= 0.6 is 0 Å². The summed E-state index contributed by atoms with van der Waals surface area (Å²) >= 11 is 0. The Morgan fingerprint density at radius 3 is 2.50 bits per heavy atom. The average Bonchev–Trinajstić information content (AvgIpc) is 2.29. The molecule has 0 aliphatic carbocycles. The minimum atomic E-state index is 0.0192. The summed E-state index contributed by atoms with van der Waals surface area (Å²) in [6.45, 7) is 8.72. The van der Waals surface area contributed by atoms with E-state index in [1.807, 2.05) is 0 Å². The molecule has 1 atom stereocenters. The molecule has 1 fully saturated rings. The quantitative estimate of drug-likeness (QED) is 0.756. The van der Waals surface area contributed by atoms with Gasteiger partial charge >= 0.3 is 0 Å². The third kappa shape index (κ3) is 5.36. The van der Waals surface area contributed by atoms with Gasteiger partial charge in [-0.1, -0.05) is 13.3 Å². The van der Waals surface area contributed by atoms with E-state index in [4.69, 9.17) is 5.73 Å². The summed E-state index contributed by atoms with van der Waals surface area (Å²) in [5.41, 5.74) is 5.88. The van der Waals surface area contributed by atoms with E-state index in [9.17, 15) is 4.79 Å². The van der Waals surface area contributed by atoms with Crippen LogP contribution in [0.15, 0.2) is 0 Å². The van der Waals surface area contributed by atoms with Gasteiger partial charge in [0, 0.05) is 37.6 Å². The summed E-state index contributed by atoms with van der Waals surface area (Å²) in [6, 6.07) is 0.978. The molecule has 0 saturated carbocycles. The Morgan fingerprint density at radius 1 is 1.39 bits per heavy atom. The van der Waals surface area contributed by atoms with Gasteiger partial charge < -0.3 is 16.0 Å². The van der Waals surface area contributed by atoms with E-state index in [-0.39, 0.29) is 11.9 Å². The molecule has 1 aliphatic heterocycles. The molecule has 106 valence electrons. The maximum atomic E-state index is 11.8. The summed E-state index contributed by atoms with van der Waals surface area (Å²) in [5.74, 6) is 0.124. The van der Waals surface area contributed by atoms with Crippen LogP contribution in [0.2, 0.25) is 0 Å². The number of amides is 1. The summed E-state index contributed by atoms with van der Waals surface area (Å²) in [4.78, 5) is 14.3. The van der Waals surface area contributed by atoms with E-state index in [0.717, 1.165) is 38.8 Å². The van der Waals surface area contributed by atoms with Crippen LogP contribution in [0.3, 0.4) is 0 Å². The van der Waals surface area contributed by atoms with Crippen molar-refractivity contribution in [3.63, 3.8) is 0 Å². The second-order valence-corrected chi connectivity index (χ2v) is 5.72. The Kier molecular flexibility index (Phi) is 6.65. The molecule has 1 saturated heterocycles. The van der Waals surface area contributed by atoms with Crippen molar-refractivity contribution in [3.8, 4) is 0 Å². The first kappa shape index (κ1) is 15.4. The minimum absolute atomic E-state index is 0.0192. The molecule has 0 bridgehead atoms. The monoisotopic (exact) mass is 255 g/mol. The van der Waals surface area contributed by atoms with Crippen molar-refractivity contribution in [1.29, 1.82) is 0 Å². The maximum Gasteiger partial charge on any atom is 0.221 e. The van der Waals surface area contributed by atoms with Gasteiger partial charge in [-0.25, -0.2) is 0 Å². The zero-order chi connectivity index (χ0) is 13.5. The van der Waals surface area contributed by atoms with E-state index < -0.39 is 0 Å². The Labute approximate surface area is 111 Å². The molecule has 4 heteroatoms. The lowest BCUT2D eigenvalue weighted by Crippen LogP contribution is -2.47. The third-order valence-electron chi connectivity index (χ3n) is 3.73. The highest BCUT2D eigenvalue weighted by Crippen LogP contribution is 2.13. The molecule has 1 heterocycles. The fourth-order valence-electron chi connectivity index (χ4n) is 2.56. The number of piperidine rings is 1. The molecule has 0 aromatic rings. The Balaban J connectivity index is 2.22. The largest absolute Gasteiger partial charge is 0.353 e. The molecule has 0 aromatic heterocycles. The van der Waals surface area contributed by atoms with Crippen LogP contribution in [0.1, 0.15) is 52.9 Å². The van der Waals surface area contributed by atoms with Gasteiger partial charge in [-0.05, 0) is 33.1 Å². The number of likely N-dealkylation sites (tertiary alicyclic amines) is 1. The lowest BCUT2D eigenvalue weighted by atomic mass is 10.0. The van der Waals surface area contributed by atoms with E-state index in [2.05, 4.69) is 31.0 Å². The number of carbonyl (C=O) groups excluding carboxylic acids is 1. The Bertz CT molecular complexity index is 247. The van der Waals surface area contributed by atoms with Crippen LogP contribution in [0, 0.1) is 0 Å². The maximum absolute atomic E-state index is 11.8. The molecule has 3 N–H and O–H groups in total. The first-order chi connectivity index (χ1) is 8.52. The standard InChI is InChI=1S/C14H29N3O/c1-4-5-12(15)10-14(18)16-13-6-8-17(9-7-13)11(2)3/h11-13H,4-10,15H2,1-3H3,(H,16,18). The second kappa shape index (κ2) is 7.74. The molecule has 0 radical (unpaired) electrons. The fraction of sp³-hybridized carbons (Fsp3) is 0.929. The van der Waals surface area contributed by atoms with Crippen LogP contribution in [0.4, 0.5) is 0 Å². The molecule has 1 amide bonds. The molecule has 4 nitrogen and oxygen atoms in total. The molecule has 1 rings (SSSR count). The van der Waals surface area contributed by atoms with Gasteiger partial charge in [0.2, 0.25) is 5.91 Å². The van der Waals surface area contributed by atoms with Crippen molar-refractivity contribution < 1.29 is 4.79 Å². The van der Waals surface area contributed by atoms with Gasteiger partial charge in [0.1, 0.15) is 0 Å². The first-order valence-electron chi connectivity index (χ1n) is 7.32. The highest BCUT2D eigenvalue weighted by Gasteiger charge is 2.22. The topological polar surface area (TPSA) is 58.4 Å². The van der Waals surface area contributed by atoms with Crippen LogP contribution in [0.5, 0.6) is 0 Å². The Morgan fingerprint density at radius 2 is 2.00 bits per heavy atom. The molecule has 1 unspecified atom stereocenters. The third-order valence-corrected chi connectivity index (χ3v) is 3.73. The van der Waals surface area contributed by atoms with E-state index >= 15 is 0 Å². The SMILES string of the molecule is CCCC(N)CC(=O)NC1CCN(C(C)C)CC1. The van der Waals surface area contributed by atoms with Crippen LogP contribution < -0.4 is 11.1 Å². The number of carbonyl (C=O) groups is 1.